The van der Waals surface area contributed by atoms with Gasteiger partial charge in [0.05, 0.1) is 17.3 Å². The van der Waals surface area contributed by atoms with Gasteiger partial charge in [0, 0.05) is 61.8 Å². The Bertz CT molecular complexity index is 1750. The number of aryl methyl sites for hydroxylation is 2. The molecule has 2 aromatic carbocycles. The number of amides is 2. The van der Waals surface area contributed by atoms with Gasteiger partial charge in [-0.3, -0.25) is 14.3 Å². The summed E-state index contributed by atoms with van der Waals surface area (Å²) in [4.78, 5) is 35.6. The fourth-order valence-electron chi connectivity index (χ4n) is 4.74. The van der Waals surface area contributed by atoms with Crippen molar-refractivity contribution in [3.8, 4) is 22.4 Å². The Hall–Kier alpha value is -5.25. The minimum absolute atomic E-state index is 0.0937. The molecule has 0 fully saturated rings. The third-order valence-electron chi connectivity index (χ3n) is 6.75. The number of hydrogen-bond acceptors (Lipinski definition) is 6. The van der Waals surface area contributed by atoms with Crippen molar-refractivity contribution in [1.82, 2.24) is 29.2 Å². The van der Waals surface area contributed by atoms with Gasteiger partial charge in [-0.25, -0.2) is 9.97 Å². The van der Waals surface area contributed by atoms with Gasteiger partial charge in [0.15, 0.2) is 0 Å². The molecule has 0 aliphatic heterocycles. The molecular weight excluding hydrogens is 504 g/mol. The lowest BCUT2D eigenvalue weighted by Crippen LogP contribution is -2.25. The van der Waals surface area contributed by atoms with E-state index in [4.69, 9.17) is 5.73 Å². The summed E-state index contributed by atoms with van der Waals surface area (Å²) >= 11 is 0. The summed E-state index contributed by atoms with van der Waals surface area (Å²) in [5.41, 5.74) is 13.2. The average Bonchev–Trinajstić information content (AvgIpc) is 3.49. The standard InChI is InChI=1S/C30H30N8O2/c1-18(2)29(39)35-23-12-10-21(11-13-23)26-24(25-27(31)32-17-33-28(25)38(26)5)20-6-8-22(9-7-20)30(40)36(3)15-19-14-34-37(4)16-19/h6-14,16-17H,1,15H2,2-5H3,(H,35,39)(H2,31,32,33). The van der Waals surface area contributed by atoms with E-state index in [0.29, 0.717) is 34.8 Å². The first kappa shape index (κ1) is 26.4. The number of hydrogen-bond donors (Lipinski definition) is 2. The summed E-state index contributed by atoms with van der Waals surface area (Å²) in [7, 11) is 5.54. The highest BCUT2D eigenvalue weighted by molar-refractivity contribution is 6.08. The molecule has 0 saturated carbocycles. The maximum absolute atomic E-state index is 13.1. The van der Waals surface area contributed by atoms with E-state index in [2.05, 4.69) is 27.0 Å². The highest BCUT2D eigenvalue weighted by Gasteiger charge is 2.22. The number of nitrogens with two attached hydrogens (primary N) is 1. The molecule has 0 aliphatic carbocycles. The van der Waals surface area contributed by atoms with E-state index < -0.39 is 0 Å². The number of carbonyl (C=O) groups excluding carboxylic acids is 2. The third kappa shape index (κ3) is 4.94. The van der Waals surface area contributed by atoms with Crippen LogP contribution in [-0.4, -0.2) is 48.1 Å². The number of nitrogen functional groups attached to an aromatic ring is 1. The number of rotatable bonds is 7. The maximum atomic E-state index is 13.1. The lowest BCUT2D eigenvalue weighted by Gasteiger charge is -2.16. The van der Waals surface area contributed by atoms with Crippen LogP contribution >= 0.6 is 0 Å². The molecule has 10 heteroatoms. The van der Waals surface area contributed by atoms with Crippen LogP contribution in [0.5, 0.6) is 0 Å². The van der Waals surface area contributed by atoms with Crippen LogP contribution in [0.1, 0.15) is 22.8 Å². The number of nitrogens with one attached hydrogen (secondary N) is 1. The first-order valence-corrected chi connectivity index (χ1v) is 12.6. The van der Waals surface area contributed by atoms with Crippen LogP contribution in [0.25, 0.3) is 33.4 Å². The Morgan fingerprint density at radius 2 is 1.70 bits per heavy atom. The molecule has 40 heavy (non-hydrogen) atoms. The summed E-state index contributed by atoms with van der Waals surface area (Å²) in [6.45, 7) is 5.80. The highest BCUT2D eigenvalue weighted by Crippen LogP contribution is 2.41. The van der Waals surface area contributed by atoms with E-state index in [1.807, 2.05) is 73.4 Å². The second-order valence-electron chi connectivity index (χ2n) is 9.81. The van der Waals surface area contributed by atoms with E-state index in [1.54, 1.807) is 29.7 Å². The SMILES string of the molecule is C=C(C)C(=O)Nc1ccc(-c2c(-c3ccc(C(=O)N(C)Cc4cnn(C)c4)cc3)c3c(N)ncnc3n2C)cc1. The average molecular weight is 535 g/mol. The normalized spacial score (nSPS) is 11.0. The van der Waals surface area contributed by atoms with Gasteiger partial charge >= 0.3 is 0 Å². The van der Waals surface area contributed by atoms with Crippen LogP contribution in [0.3, 0.4) is 0 Å². The van der Waals surface area contributed by atoms with Gasteiger partial charge in [-0.15, -0.1) is 0 Å². The summed E-state index contributed by atoms with van der Waals surface area (Å²) in [5.74, 6) is 0.0362. The van der Waals surface area contributed by atoms with E-state index >= 15 is 0 Å². The summed E-state index contributed by atoms with van der Waals surface area (Å²) in [5, 5.41) is 7.73. The first-order chi connectivity index (χ1) is 19.1. The maximum Gasteiger partial charge on any atom is 0.253 e. The number of nitrogens with zero attached hydrogens (tertiary/aromatic N) is 6. The number of benzene rings is 2. The molecule has 0 unspecified atom stereocenters. The fraction of sp³-hybridized carbons (Fsp3) is 0.167. The lowest BCUT2D eigenvalue weighted by molar-refractivity contribution is -0.112. The van der Waals surface area contributed by atoms with Gasteiger partial charge in [0.1, 0.15) is 17.8 Å². The molecule has 3 aromatic heterocycles. The zero-order valence-corrected chi connectivity index (χ0v) is 22.8. The van der Waals surface area contributed by atoms with Gasteiger partial charge in [-0.1, -0.05) is 30.8 Å². The minimum Gasteiger partial charge on any atom is -0.383 e. The Morgan fingerprint density at radius 1 is 1.02 bits per heavy atom. The number of aromatic nitrogens is 5. The van der Waals surface area contributed by atoms with Gasteiger partial charge in [0.2, 0.25) is 0 Å². The Kier molecular flexibility index (Phi) is 6.91. The number of fused-ring (bicyclic) bond motifs is 1. The molecule has 0 aliphatic rings. The summed E-state index contributed by atoms with van der Waals surface area (Å²) < 4.78 is 3.69. The zero-order valence-electron chi connectivity index (χ0n) is 22.8. The van der Waals surface area contributed by atoms with E-state index in [-0.39, 0.29) is 11.8 Å². The van der Waals surface area contributed by atoms with Crippen LogP contribution in [0.15, 0.2) is 79.4 Å². The van der Waals surface area contributed by atoms with Crippen LogP contribution in [0, 0.1) is 0 Å². The molecular formula is C30H30N8O2. The second-order valence-corrected chi connectivity index (χ2v) is 9.81. The van der Waals surface area contributed by atoms with E-state index in [9.17, 15) is 9.59 Å². The quantitative estimate of drug-likeness (QED) is 0.298. The molecule has 2 amide bonds. The highest BCUT2D eigenvalue weighted by atomic mass is 16.2. The fourth-order valence-corrected chi connectivity index (χ4v) is 4.74. The second kappa shape index (κ2) is 10.5. The molecule has 5 aromatic rings. The van der Waals surface area contributed by atoms with E-state index in [0.717, 1.165) is 33.3 Å². The predicted octanol–water partition coefficient (Wildman–Crippen LogP) is 4.40. The molecule has 5 rings (SSSR count). The van der Waals surface area contributed by atoms with Gasteiger partial charge in [0.25, 0.3) is 11.8 Å². The van der Waals surface area contributed by atoms with Crippen LogP contribution in [0.4, 0.5) is 11.5 Å². The molecule has 0 radical (unpaired) electrons. The molecule has 0 spiro atoms. The lowest BCUT2D eigenvalue weighted by atomic mass is 9.97. The van der Waals surface area contributed by atoms with E-state index in [1.165, 1.54) is 6.33 Å². The van der Waals surface area contributed by atoms with Crippen molar-refractivity contribution in [2.24, 2.45) is 14.1 Å². The third-order valence-corrected chi connectivity index (χ3v) is 6.75. The van der Waals surface area contributed by atoms with Crippen molar-refractivity contribution in [2.45, 2.75) is 13.5 Å². The van der Waals surface area contributed by atoms with Crippen LogP contribution in [0.2, 0.25) is 0 Å². The minimum atomic E-state index is -0.234. The molecule has 10 nitrogen and oxygen atoms in total. The Morgan fingerprint density at radius 3 is 2.33 bits per heavy atom. The predicted molar refractivity (Wildman–Crippen MR) is 156 cm³/mol. The van der Waals surface area contributed by atoms with Crippen molar-refractivity contribution in [2.75, 3.05) is 18.1 Å². The Labute approximate surface area is 231 Å². The molecule has 0 bridgehead atoms. The molecule has 0 saturated heterocycles. The van der Waals surface area contributed by atoms with Crippen molar-refractivity contribution < 1.29 is 9.59 Å². The van der Waals surface area contributed by atoms with Crippen LogP contribution < -0.4 is 11.1 Å². The molecule has 202 valence electrons. The van der Waals surface area contributed by atoms with Crippen molar-refractivity contribution in [3.05, 3.63) is 90.5 Å². The molecule has 0 atom stereocenters. The van der Waals surface area contributed by atoms with Crippen molar-refractivity contribution in [1.29, 1.82) is 0 Å². The zero-order chi connectivity index (χ0) is 28.6. The Balaban J connectivity index is 1.52. The first-order valence-electron chi connectivity index (χ1n) is 12.6. The smallest absolute Gasteiger partial charge is 0.253 e. The summed E-state index contributed by atoms with van der Waals surface area (Å²) in [6.07, 6.45) is 5.09. The van der Waals surface area contributed by atoms with Crippen molar-refractivity contribution in [3.63, 3.8) is 0 Å². The summed E-state index contributed by atoms with van der Waals surface area (Å²) in [6, 6.07) is 15.0. The van der Waals surface area contributed by atoms with Gasteiger partial charge in [-0.2, -0.15) is 5.10 Å². The number of anilines is 2. The number of carbonyl (C=O) groups is 2. The largest absolute Gasteiger partial charge is 0.383 e. The van der Waals surface area contributed by atoms with Crippen molar-refractivity contribution >= 4 is 34.4 Å². The molecule has 3 N–H and O–H groups in total. The monoisotopic (exact) mass is 534 g/mol. The van der Waals surface area contributed by atoms with Gasteiger partial charge < -0.3 is 20.5 Å². The topological polar surface area (TPSA) is 124 Å². The molecule has 3 heterocycles. The van der Waals surface area contributed by atoms with Crippen LogP contribution in [-0.2, 0) is 25.4 Å². The van der Waals surface area contributed by atoms with Gasteiger partial charge in [-0.05, 0) is 42.3 Å².